The third kappa shape index (κ3) is 2.00. The van der Waals surface area contributed by atoms with E-state index in [4.69, 9.17) is 4.74 Å². The maximum atomic E-state index is 5.33. The number of ether oxygens (including phenoxy) is 1. The maximum Gasteiger partial charge on any atom is 0.0692 e. The minimum Gasteiger partial charge on any atom is -0.382 e. The molecular weight excluding hydrogens is 186 g/mol. The van der Waals surface area contributed by atoms with Gasteiger partial charge in [-0.1, -0.05) is 25.1 Å². The van der Waals surface area contributed by atoms with Crippen LogP contribution in [0.2, 0.25) is 0 Å². The van der Waals surface area contributed by atoms with Crippen LogP contribution >= 0.6 is 0 Å². The molecule has 0 aromatic heterocycles. The third-order valence-corrected chi connectivity index (χ3v) is 3.39. The zero-order chi connectivity index (χ0) is 10.7. The first-order valence-electron chi connectivity index (χ1n) is 5.65. The summed E-state index contributed by atoms with van der Waals surface area (Å²) < 4.78 is 5.33. The number of nitrogens with one attached hydrogen (secondary N) is 1. The smallest absolute Gasteiger partial charge is 0.0692 e. The second-order valence-electron chi connectivity index (χ2n) is 4.35. The number of aryl methyl sites for hydroxylation is 1. The highest BCUT2D eigenvalue weighted by atomic mass is 16.5. The van der Waals surface area contributed by atoms with Gasteiger partial charge in [0.1, 0.15) is 0 Å². The number of methoxy groups -OCH3 is 1. The number of benzene rings is 1. The van der Waals surface area contributed by atoms with Gasteiger partial charge in [0, 0.05) is 12.8 Å². The van der Waals surface area contributed by atoms with Crippen LogP contribution in [0.15, 0.2) is 24.3 Å². The van der Waals surface area contributed by atoms with Gasteiger partial charge in [0.2, 0.25) is 0 Å². The molecule has 0 bridgehead atoms. The Kier molecular flexibility index (Phi) is 2.96. The first-order chi connectivity index (χ1) is 7.29. The number of hydrogen-bond acceptors (Lipinski definition) is 2. The third-order valence-electron chi connectivity index (χ3n) is 3.39. The van der Waals surface area contributed by atoms with Gasteiger partial charge < -0.3 is 10.1 Å². The normalized spacial score (nSPS) is 24.4. The maximum absolute atomic E-state index is 5.33. The van der Waals surface area contributed by atoms with Gasteiger partial charge in [-0.15, -0.1) is 0 Å². The van der Waals surface area contributed by atoms with Crippen LogP contribution in [-0.4, -0.2) is 19.3 Å². The molecule has 1 unspecified atom stereocenters. The second-order valence-corrected chi connectivity index (χ2v) is 4.35. The molecule has 2 heteroatoms. The Morgan fingerprint density at radius 2 is 2.20 bits per heavy atom. The summed E-state index contributed by atoms with van der Waals surface area (Å²) >= 11 is 0. The minimum absolute atomic E-state index is 0.142. The molecule has 0 saturated heterocycles. The van der Waals surface area contributed by atoms with E-state index in [0.29, 0.717) is 0 Å². The molecule has 2 nitrogen and oxygen atoms in total. The van der Waals surface area contributed by atoms with Crippen molar-refractivity contribution in [2.45, 2.75) is 31.7 Å². The van der Waals surface area contributed by atoms with E-state index >= 15 is 0 Å². The monoisotopic (exact) mass is 205 g/mol. The molecule has 0 fully saturated rings. The molecular formula is C13H19NO. The average Bonchev–Trinajstić information content (AvgIpc) is 2.29. The Morgan fingerprint density at radius 1 is 1.40 bits per heavy atom. The van der Waals surface area contributed by atoms with Crippen LogP contribution in [0.3, 0.4) is 0 Å². The first-order valence-corrected chi connectivity index (χ1v) is 5.65. The lowest BCUT2D eigenvalue weighted by atomic mass is 9.85. The van der Waals surface area contributed by atoms with Crippen LogP contribution in [0.4, 0.5) is 5.69 Å². The molecule has 15 heavy (non-hydrogen) atoms. The lowest BCUT2D eigenvalue weighted by Crippen LogP contribution is -2.45. The van der Waals surface area contributed by atoms with E-state index in [1.54, 1.807) is 7.11 Å². The van der Waals surface area contributed by atoms with Crippen molar-refractivity contribution in [2.24, 2.45) is 0 Å². The molecule has 0 amide bonds. The Balaban J connectivity index is 2.22. The van der Waals surface area contributed by atoms with Crippen LogP contribution in [0, 0.1) is 0 Å². The summed E-state index contributed by atoms with van der Waals surface area (Å²) in [7, 11) is 1.78. The topological polar surface area (TPSA) is 21.3 Å². The van der Waals surface area contributed by atoms with Crippen LogP contribution in [0.25, 0.3) is 0 Å². The summed E-state index contributed by atoms with van der Waals surface area (Å²) in [6.07, 6.45) is 3.42. The van der Waals surface area contributed by atoms with Crippen molar-refractivity contribution in [3.8, 4) is 0 Å². The molecule has 1 aromatic rings. The van der Waals surface area contributed by atoms with E-state index in [1.165, 1.54) is 11.3 Å². The van der Waals surface area contributed by atoms with Crippen molar-refractivity contribution < 1.29 is 4.74 Å². The van der Waals surface area contributed by atoms with Crippen molar-refractivity contribution in [1.29, 1.82) is 0 Å². The predicted molar refractivity (Wildman–Crippen MR) is 63.3 cm³/mol. The molecule has 2 rings (SSSR count). The summed E-state index contributed by atoms with van der Waals surface area (Å²) in [6, 6.07) is 8.56. The molecule has 1 atom stereocenters. The Bertz CT molecular complexity index is 337. The van der Waals surface area contributed by atoms with Crippen molar-refractivity contribution in [1.82, 2.24) is 0 Å². The summed E-state index contributed by atoms with van der Waals surface area (Å²) in [5.74, 6) is 0. The van der Waals surface area contributed by atoms with Gasteiger partial charge in [0.25, 0.3) is 0 Å². The largest absolute Gasteiger partial charge is 0.382 e. The molecule has 82 valence electrons. The van der Waals surface area contributed by atoms with E-state index in [2.05, 4.69) is 36.5 Å². The molecule has 1 heterocycles. The summed E-state index contributed by atoms with van der Waals surface area (Å²) in [5, 5.41) is 3.64. The van der Waals surface area contributed by atoms with E-state index in [-0.39, 0.29) is 5.54 Å². The van der Waals surface area contributed by atoms with Gasteiger partial charge in [-0.05, 0) is 30.9 Å². The summed E-state index contributed by atoms with van der Waals surface area (Å²) in [6.45, 7) is 3.01. The highest BCUT2D eigenvalue weighted by molar-refractivity contribution is 5.55. The first kappa shape index (κ1) is 10.5. The molecule has 1 aromatic carbocycles. The van der Waals surface area contributed by atoms with Gasteiger partial charge in [0.15, 0.2) is 0 Å². The van der Waals surface area contributed by atoms with E-state index < -0.39 is 0 Å². The molecule has 1 N–H and O–H groups in total. The highest BCUT2D eigenvalue weighted by Crippen LogP contribution is 2.32. The van der Waals surface area contributed by atoms with E-state index in [0.717, 1.165) is 25.9 Å². The molecule has 1 aliphatic heterocycles. The fourth-order valence-corrected chi connectivity index (χ4v) is 2.33. The van der Waals surface area contributed by atoms with Gasteiger partial charge in [-0.2, -0.15) is 0 Å². The van der Waals surface area contributed by atoms with Gasteiger partial charge >= 0.3 is 0 Å². The minimum atomic E-state index is 0.142. The highest BCUT2D eigenvalue weighted by Gasteiger charge is 2.31. The lowest BCUT2D eigenvalue weighted by molar-refractivity contribution is 0.133. The zero-order valence-electron chi connectivity index (χ0n) is 9.55. The van der Waals surface area contributed by atoms with E-state index in [1.807, 2.05) is 0 Å². The van der Waals surface area contributed by atoms with E-state index in [9.17, 15) is 0 Å². The Hall–Kier alpha value is -1.02. The van der Waals surface area contributed by atoms with Crippen molar-refractivity contribution in [3.05, 3.63) is 29.8 Å². The second kappa shape index (κ2) is 4.23. The predicted octanol–water partition coefficient (Wildman–Crippen LogP) is 2.84. The Morgan fingerprint density at radius 3 is 2.93 bits per heavy atom. The number of para-hydroxylation sites is 1. The number of hydrogen-bond donors (Lipinski definition) is 1. The standard InChI is InChI=1S/C13H19NO/c1-3-13(10-15-2)9-8-11-6-4-5-7-12(11)14-13/h4-7,14H,3,8-10H2,1-2H3. The van der Waals surface area contributed by atoms with Crippen LogP contribution in [-0.2, 0) is 11.2 Å². The average molecular weight is 205 g/mol. The fourth-order valence-electron chi connectivity index (χ4n) is 2.33. The zero-order valence-corrected chi connectivity index (χ0v) is 9.55. The van der Waals surface area contributed by atoms with Crippen LogP contribution in [0.1, 0.15) is 25.3 Å². The number of rotatable bonds is 3. The van der Waals surface area contributed by atoms with Gasteiger partial charge in [0.05, 0.1) is 12.1 Å². The fraction of sp³-hybridized carbons (Fsp3) is 0.538. The Labute approximate surface area is 91.6 Å². The van der Waals surface area contributed by atoms with Crippen molar-refractivity contribution >= 4 is 5.69 Å². The quantitative estimate of drug-likeness (QED) is 0.819. The molecule has 0 saturated carbocycles. The SMILES string of the molecule is CCC1(COC)CCc2ccccc2N1. The van der Waals surface area contributed by atoms with Crippen molar-refractivity contribution in [2.75, 3.05) is 19.0 Å². The van der Waals surface area contributed by atoms with Crippen LogP contribution < -0.4 is 5.32 Å². The molecule has 0 radical (unpaired) electrons. The van der Waals surface area contributed by atoms with Crippen molar-refractivity contribution in [3.63, 3.8) is 0 Å². The summed E-state index contributed by atoms with van der Waals surface area (Å²) in [4.78, 5) is 0. The number of fused-ring (bicyclic) bond motifs is 1. The van der Waals surface area contributed by atoms with Gasteiger partial charge in [-0.3, -0.25) is 0 Å². The van der Waals surface area contributed by atoms with Gasteiger partial charge in [-0.25, -0.2) is 0 Å². The number of anilines is 1. The summed E-state index contributed by atoms with van der Waals surface area (Å²) in [5.41, 5.74) is 2.85. The lowest BCUT2D eigenvalue weighted by Gasteiger charge is -2.39. The van der Waals surface area contributed by atoms with Crippen LogP contribution in [0.5, 0.6) is 0 Å². The molecule has 0 aliphatic carbocycles. The molecule has 1 aliphatic rings. The molecule has 0 spiro atoms.